The Morgan fingerprint density at radius 1 is 0.262 bits per heavy atom. The number of aliphatic hydroxyl groups excluding tert-OH is 1. The van der Waals surface area contributed by atoms with Gasteiger partial charge in [0.1, 0.15) is 19.3 Å². The van der Waals surface area contributed by atoms with Gasteiger partial charge in [-0.2, -0.15) is 0 Å². The highest BCUT2D eigenvalue weighted by atomic mass is 31.2. The van der Waals surface area contributed by atoms with Gasteiger partial charge in [0, 0.05) is 25.7 Å². The van der Waals surface area contributed by atoms with Crippen LogP contribution in [0.2, 0.25) is 0 Å². The smallest absolute Gasteiger partial charge is 0.462 e. The maximum absolute atomic E-state index is 13.1. The highest BCUT2D eigenvalue weighted by molar-refractivity contribution is 7.47. The molecule has 0 aliphatic rings. The standard InChI is InChI=1S/C84H164O17P2/c1-7-9-11-13-15-17-19-21-22-23-24-32-38-44-50-56-62-68-83(88)100-79(72-94-81(86)66-60-54-48-42-36-20-18-16-14-12-10-8-2)74-98-102(90,91)96-70-78(85)71-97-103(92,93)99-75-80(101-84(89)69-63-57-51-45-39-33-28-26-30-35-41-47-53-59-65-77(5)6)73-95-82(87)67-61-55-49-43-37-31-27-25-29-34-40-46-52-58-64-76(3)4/h76-80,85H,7-75H2,1-6H3,(H,90,91)(H,92,93)/t78-,79+,80+/m0/s1. The van der Waals surface area contributed by atoms with Crippen LogP contribution in [0.15, 0.2) is 0 Å². The summed E-state index contributed by atoms with van der Waals surface area (Å²) in [5.41, 5.74) is 0. The summed E-state index contributed by atoms with van der Waals surface area (Å²) in [6.07, 6.45) is 66.4. The van der Waals surface area contributed by atoms with E-state index < -0.39 is 97.5 Å². The summed E-state index contributed by atoms with van der Waals surface area (Å²) in [5, 5.41) is 10.7. The molecule has 2 unspecified atom stereocenters. The van der Waals surface area contributed by atoms with Crippen molar-refractivity contribution in [3.63, 3.8) is 0 Å². The van der Waals surface area contributed by atoms with Crippen LogP contribution in [0.3, 0.4) is 0 Å². The quantitative estimate of drug-likeness (QED) is 0.0222. The van der Waals surface area contributed by atoms with Gasteiger partial charge >= 0.3 is 39.5 Å². The first-order valence-electron chi connectivity index (χ1n) is 43.5. The summed E-state index contributed by atoms with van der Waals surface area (Å²) in [5.74, 6) is -0.507. The van der Waals surface area contributed by atoms with Gasteiger partial charge in [-0.05, 0) is 37.5 Å². The van der Waals surface area contributed by atoms with Crippen molar-refractivity contribution in [2.24, 2.45) is 11.8 Å². The Labute approximate surface area is 632 Å². The predicted octanol–water partition coefficient (Wildman–Crippen LogP) is 25.5. The van der Waals surface area contributed by atoms with Crippen molar-refractivity contribution in [3.05, 3.63) is 0 Å². The van der Waals surface area contributed by atoms with Gasteiger partial charge in [0.25, 0.3) is 0 Å². The zero-order valence-corrected chi connectivity index (χ0v) is 69.4. The lowest BCUT2D eigenvalue weighted by atomic mass is 10.0. The molecule has 0 spiro atoms. The van der Waals surface area contributed by atoms with Gasteiger partial charge in [-0.15, -0.1) is 0 Å². The summed E-state index contributed by atoms with van der Waals surface area (Å²) >= 11 is 0. The molecule has 0 heterocycles. The first-order valence-corrected chi connectivity index (χ1v) is 46.5. The van der Waals surface area contributed by atoms with Crippen molar-refractivity contribution >= 4 is 39.5 Å². The third-order valence-corrected chi connectivity index (χ3v) is 21.6. The Kier molecular flexibility index (Phi) is 74.1. The molecule has 19 heteroatoms. The molecule has 0 aromatic heterocycles. The molecule has 0 saturated heterocycles. The summed E-state index contributed by atoms with van der Waals surface area (Å²) < 4.78 is 68.9. The Morgan fingerprint density at radius 3 is 0.660 bits per heavy atom. The van der Waals surface area contributed by atoms with Gasteiger partial charge in [-0.25, -0.2) is 9.13 Å². The van der Waals surface area contributed by atoms with Crippen molar-refractivity contribution < 1.29 is 80.2 Å². The topological polar surface area (TPSA) is 237 Å². The molecule has 0 aliphatic heterocycles. The van der Waals surface area contributed by atoms with Crippen molar-refractivity contribution in [1.82, 2.24) is 0 Å². The fraction of sp³-hybridized carbons (Fsp3) is 0.952. The number of unbranched alkanes of at least 4 members (excludes halogenated alkanes) is 53. The first kappa shape index (κ1) is 101. The fourth-order valence-electron chi connectivity index (χ4n) is 13.1. The molecule has 17 nitrogen and oxygen atoms in total. The lowest BCUT2D eigenvalue weighted by Gasteiger charge is -2.21. The van der Waals surface area contributed by atoms with Crippen LogP contribution in [-0.2, 0) is 65.4 Å². The number of rotatable bonds is 83. The van der Waals surface area contributed by atoms with E-state index in [1.165, 1.54) is 263 Å². The van der Waals surface area contributed by atoms with Crippen LogP contribution in [0, 0.1) is 11.8 Å². The predicted molar refractivity (Wildman–Crippen MR) is 423 cm³/mol. The minimum Gasteiger partial charge on any atom is -0.462 e. The van der Waals surface area contributed by atoms with E-state index in [4.69, 9.17) is 37.0 Å². The third kappa shape index (κ3) is 78.0. The molecular formula is C84H164O17P2. The lowest BCUT2D eigenvalue weighted by molar-refractivity contribution is -0.161. The average Bonchev–Trinajstić information content (AvgIpc) is 0.923. The molecule has 0 aromatic rings. The molecule has 0 saturated carbocycles. The molecule has 612 valence electrons. The molecule has 0 amide bonds. The Bertz CT molecular complexity index is 1980. The van der Waals surface area contributed by atoms with Crippen molar-refractivity contribution in [2.75, 3.05) is 39.6 Å². The molecule has 103 heavy (non-hydrogen) atoms. The Morgan fingerprint density at radius 2 is 0.447 bits per heavy atom. The summed E-state index contributed by atoms with van der Waals surface area (Å²) in [6.45, 7) is 9.71. The second-order valence-electron chi connectivity index (χ2n) is 31.2. The SMILES string of the molecule is CCCCCCCCCCCCCCCCCCCC(=O)O[C@H](COC(=O)CCCCCCCCCCCCCC)COP(=O)(O)OC[C@H](O)COP(=O)(O)OC[C@@H](COC(=O)CCCCCCCCCCCCCCCCC(C)C)OC(=O)CCCCCCCCCCCCCCCCC(C)C. The third-order valence-electron chi connectivity index (χ3n) is 19.7. The van der Waals surface area contributed by atoms with E-state index in [9.17, 15) is 43.2 Å². The molecule has 5 atom stereocenters. The highest BCUT2D eigenvalue weighted by Gasteiger charge is 2.30. The van der Waals surface area contributed by atoms with E-state index in [-0.39, 0.29) is 25.7 Å². The molecule has 0 bridgehead atoms. The van der Waals surface area contributed by atoms with E-state index >= 15 is 0 Å². The largest absolute Gasteiger partial charge is 0.472 e. The van der Waals surface area contributed by atoms with Crippen LogP contribution in [0.4, 0.5) is 0 Å². The monoisotopic (exact) mass is 1510 g/mol. The first-order chi connectivity index (χ1) is 49.9. The summed E-state index contributed by atoms with van der Waals surface area (Å²) in [7, 11) is -9.93. The van der Waals surface area contributed by atoms with E-state index in [1.807, 2.05) is 0 Å². The number of carbonyl (C=O) groups is 4. The maximum Gasteiger partial charge on any atom is 0.472 e. The van der Waals surface area contributed by atoms with Crippen molar-refractivity contribution in [2.45, 2.75) is 464 Å². The van der Waals surface area contributed by atoms with Gasteiger partial charge in [-0.1, -0.05) is 395 Å². The number of aliphatic hydroxyl groups is 1. The average molecular weight is 1510 g/mol. The second kappa shape index (κ2) is 75.5. The van der Waals surface area contributed by atoms with E-state index in [0.717, 1.165) is 102 Å². The van der Waals surface area contributed by atoms with Crippen molar-refractivity contribution in [1.29, 1.82) is 0 Å². The van der Waals surface area contributed by atoms with E-state index in [0.29, 0.717) is 25.7 Å². The number of phosphoric ester groups is 2. The Balaban J connectivity index is 5.26. The van der Waals surface area contributed by atoms with Crippen molar-refractivity contribution in [3.8, 4) is 0 Å². The number of phosphoric acid groups is 2. The molecule has 3 N–H and O–H groups in total. The van der Waals surface area contributed by atoms with Gasteiger partial charge in [-0.3, -0.25) is 37.3 Å². The fourth-order valence-corrected chi connectivity index (χ4v) is 14.6. The number of ether oxygens (including phenoxy) is 4. The van der Waals surface area contributed by atoms with Crippen LogP contribution in [-0.4, -0.2) is 96.7 Å². The van der Waals surface area contributed by atoms with Gasteiger partial charge in [0.15, 0.2) is 12.2 Å². The molecular weight excluding hydrogens is 1340 g/mol. The maximum atomic E-state index is 13.1. The normalized spacial score (nSPS) is 13.9. The number of hydrogen-bond donors (Lipinski definition) is 3. The van der Waals surface area contributed by atoms with E-state index in [1.54, 1.807) is 0 Å². The van der Waals surface area contributed by atoms with Gasteiger partial charge < -0.3 is 33.8 Å². The second-order valence-corrected chi connectivity index (χ2v) is 34.1. The zero-order valence-electron chi connectivity index (χ0n) is 67.6. The summed E-state index contributed by atoms with van der Waals surface area (Å²) in [4.78, 5) is 73.2. The molecule has 0 fully saturated rings. The number of carbonyl (C=O) groups excluding carboxylic acids is 4. The minimum absolute atomic E-state index is 0.108. The number of esters is 4. The molecule has 0 rings (SSSR count). The lowest BCUT2D eigenvalue weighted by Crippen LogP contribution is -2.30. The van der Waals surface area contributed by atoms with Gasteiger partial charge in [0.2, 0.25) is 0 Å². The van der Waals surface area contributed by atoms with Crippen LogP contribution in [0.5, 0.6) is 0 Å². The highest BCUT2D eigenvalue weighted by Crippen LogP contribution is 2.45. The van der Waals surface area contributed by atoms with Crippen LogP contribution >= 0.6 is 15.6 Å². The molecule has 0 aromatic carbocycles. The Hall–Kier alpha value is -1.94. The number of hydrogen-bond acceptors (Lipinski definition) is 15. The van der Waals surface area contributed by atoms with Crippen LogP contribution in [0.25, 0.3) is 0 Å². The van der Waals surface area contributed by atoms with Crippen LogP contribution in [0.1, 0.15) is 446 Å². The minimum atomic E-state index is -4.96. The zero-order chi connectivity index (χ0) is 75.6. The van der Waals surface area contributed by atoms with Crippen LogP contribution < -0.4 is 0 Å². The van der Waals surface area contributed by atoms with Gasteiger partial charge in [0.05, 0.1) is 26.4 Å². The van der Waals surface area contributed by atoms with E-state index in [2.05, 4.69) is 41.5 Å². The summed E-state index contributed by atoms with van der Waals surface area (Å²) in [6, 6.07) is 0. The molecule has 0 radical (unpaired) electrons. The molecule has 0 aliphatic carbocycles.